The Hall–Kier alpha value is -1.61. The van der Waals surface area contributed by atoms with Gasteiger partial charge < -0.3 is 9.64 Å². The van der Waals surface area contributed by atoms with Crippen LogP contribution in [0.15, 0.2) is 46.2 Å². The van der Waals surface area contributed by atoms with E-state index in [0.717, 1.165) is 18.9 Å². The molecular weight excluding hydrogens is 242 g/mol. The third-order valence-electron chi connectivity index (χ3n) is 3.43. The van der Waals surface area contributed by atoms with Gasteiger partial charge in [0.15, 0.2) is 0 Å². The van der Waals surface area contributed by atoms with E-state index in [1.165, 1.54) is 26.7 Å². The lowest BCUT2D eigenvalue weighted by Crippen LogP contribution is -2.30. The lowest BCUT2D eigenvalue weighted by Gasteiger charge is -2.37. The van der Waals surface area contributed by atoms with Crippen LogP contribution in [-0.4, -0.2) is 13.2 Å². The summed E-state index contributed by atoms with van der Waals surface area (Å²) in [6.45, 7) is 3.83. The normalized spacial score (nSPS) is 15.7. The molecule has 0 atom stereocenters. The molecule has 0 unspecified atom stereocenters. The maximum atomic E-state index is 5.75. The lowest BCUT2D eigenvalue weighted by atomic mass is 10.1. The van der Waals surface area contributed by atoms with Crippen molar-refractivity contribution in [2.24, 2.45) is 0 Å². The molecule has 2 nitrogen and oxygen atoms in total. The number of rotatable bonds is 0. The summed E-state index contributed by atoms with van der Waals surface area (Å²) in [4.78, 5) is 5.03. The summed E-state index contributed by atoms with van der Waals surface area (Å²) < 4.78 is 5.75. The van der Waals surface area contributed by atoms with Crippen LogP contribution in [-0.2, 0) is 0 Å². The molecule has 2 aromatic rings. The first kappa shape index (κ1) is 10.3. The van der Waals surface area contributed by atoms with Gasteiger partial charge in [0.25, 0.3) is 0 Å². The fraction of sp³-hybridized carbons (Fsp3) is 0.200. The summed E-state index contributed by atoms with van der Waals surface area (Å²) in [6.07, 6.45) is 0. The zero-order valence-corrected chi connectivity index (χ0v) is 11.0. The van der Waals surface area contributed by atoms with Crippen LogP contribution in [0.1, 0.15) is 5.56 Å². The summed E-state index contributed by atoms with van der Waals surface area (Å²) in [6, 6.07) is 13.0. The van der Waals surface area contributed by atoms with Crippen molar-refractivity contribution in [3.63, 3.8) is 0 Å². The standard InChI is InChI=1S/C15H13NOS/c1-10-5-6-11-14(9-10)18-13-4-2-3-12-15(13)16(11)7-8-17-12/h2-6,9H,7-8H2,1H3. The minimum atomic E-state index is 0.758. The van der Waals surface area contributed by atoms with Gasteiger partial charge in [-0.2, -0.15) is 0 Å². The molecule has 0 radical (unpaired) electrons. The first-order valence-corrected chi connectivity index (χ1v) is 6.96. The molecule has 0 saturated heterocycles. The molecule has 2 heterocycles. The van der Waals surface area contributed by atoms with Crippen LogP contribution in [0.5, 0.6) is 5.75 Å². The van der Waals surface area contributed by atoms with Gasteiger partial charge in [-0.15, -0.1) is 0 Å². The third-order valence-corrected chi connectivity index (χ3v) is 4.53. The largest absolute Gasteiger partial charge is 0.489 e. The second-order valence-corrected chi connectivity index (χ2v) is 5.76. The van der Waals surface area contributed by atoms with Gasteiger partial charge in [-0.3, -0.25) is 0 Å². The number of hydrogen-bond donors (Lipinski definition) is 0. The van der Waals surface area contributed by atoms with Crippen molar-refractivity contribution in [3.8, 4) is 5.75 Å². The Bertz CT molecular complexity index is 638. The van der Waals surface area contributed by atoms with Crippen molar-refractivity contribution >= 4 is 23.1 Å². The number of fused-ring (bicyclic) bond motifs is 2. The van der Waals surface area contributed by atoms with Crippen molar-refractivity contribution < 1.29 is 4.74 Å². The van der Waals surface area contributed by atoms with Crippen molar-refractivity contribution in [3.05, 3.63) is 42.0 Å². The Morgan fingerprint density at radius 2 is 2.11 bits per heavy atom. The van der Waals surface area contributed by atoms with Gasteiger partial charge in [0.2, 0.25) is 0 Å². The van der Waals surface area contributed by atoms with Crippen LogP contribution in [0.2, 0.25) is 0 Å². The van der Waals surface area contributed by atoms with Gasteiger partial charge in [-0.05, 0) is 36.8 Å². The van der Waals surface area contributed by atoms with E-state index in [9.17, 15) is 0 Å². The van der Waals surface area contributed by atoms with Gasteiger partial charge in [0.1, 0.15) is 12.4 Å². The van der Waals surface area contributed by atoms with Gasteiger partial charge in [-0.25, -0.2) is 0 Å². The predicted octanol–water partition coefficient (Wildman–Crippen LogP) is 3.99. The van der Waals surface area contributed by atoms with Crippen molar-refractivity contribution in [1.29, 1.82) is 0 Å². The summed E-state index contributed by atoms with van der Waals surface area (Å²) in [5, 5.41) is 0. The van der Waals surface area contributed by atoms with Crippen molar-refractivity contribution in [1.82, 2.24) is 0 Å². The Morgan fingerprint density at radius 1 is 1.17 bits per heavy atom. The number of nitrogens with zero attached hydrogens (tertiary/aromatic N) is 1. The van der Waals surface area contributed by atoms with Crippen LogP contribution < -0.4 is 9.64 Å². The van der Waals surface area contributed by atoms with E-state index in [2.05, 4.69) is 48.2 Å². The third kappa shape index (κ3) is 1.37. The number of aryl methyl sites for hydroxylation is 1. The van der Waals surface area contributed by atoms with E-state index >= 15 is 0 Å². The van der Waals surface area contributed by atoms with Crippen LogP contribution in [0.3, 0.4) is 0 Å². The minimum absolute atomic E-state index is 0.758. The van der Waals surface area contributed by atoms with Crippen molar-refractivity contribution in [2.75, 3.05) is 18.1 Å². The molecule has 0 aromatic heterocycles. The van der Waals surface area contributed by atoms with Crippen LogP contribution >= 0.6 is 11.8 Å². The van der Waals surface area contributed by atoms with E-state index in [4.69, 9.17) is 4.74 Å². The van der Waals surface area contributed by atoms with Crippen LogP contribution in [0, 0.1) is 6.92 Å². The molecule has 0 N–H and O–H groups in total. The molecule has 2 aromatic carbocycles. The molecular formula is C15H13NOS. The number of ether oxygens (including phenoxy) is 1. The number of benzene rings is 2. The molecule has 3 heteroatoms. The Labute approximate surface area is 111 Å². The second kappa shape index (κ2) is 3.69. The van der Waals surface area contributed by atoms with Gasteiger partial charge in [0.05, 0.1) is 17.9 Å². The fourth-order valence-corrected chi connectivity index (χ4v) is 3.83. The highest BCUT2D eigenvalue weighted by atomic mass is 32.2. The fourth-order valence-electron chi connectivity index (χ4n) is 2.61. The van der Waals surface area contributed by atoms with Gasteiger partial charge in [0, 0.05) is 9.79 Å². The van der Waals surface area contributed by atoms with Crippen molar-refractivity contribution in [2.45, 2.75) is 16.7 Å². The van der Waals surface area contributed by atoms with E-state index in [-0.39, 0.29) is 0 Å². The average Bonchev–Trinajstić information content (AvgIpc) is 2.39. The molecule has 18 heavy (non-hydrogen) atoms. The van der Waals surface area contributed by atoms with Crippen LogP contribution in [0.25, 0.3) is 0 Å². The average molecular weight is 255 g/mol. The zero-order chi connectivity index (χ0) is 12.1. The van der Waals surface area contributed by atoms with E-state index < -0.39 is 0 Å². The predicted molar refractivity (Wildman–Crippen MR) is 74.2 cm³/mol. The summed E-state index contributed by atoms with van der Waals surface area (Å²) in [5.74, 6) is 1.01. The topological polar surface area (TPSA) is 12.5 Å². The van der Waals surface area contributed by atoms with Crippen LogP contribution in [0.4, 0.5) is 11.4 Å². The molecule has 0 aliphatic carbocycles. The Kier molecular flexibility index (Phi) is 2.12. The maximum absolute atomic E-state index is 5.75. The molecule has 0 bridgehead atoms. The quantitative estimate of drug-likeness (QED) is 0.706. The van der Waals surface area contributed by atoms with E-state index in [1.54, 1.807) is 0 Å². The monoisotopic (exact) mass is 255 g/mol. The first-order valence-electron chi connectivity index (χ1n) is 6.15. The van der Waals surface area contributed by atoms with E-state index in [0.29, 0.717) is 0 Å². The highest BCUT2D eigenvalue weighted by molar-refractivity contribution is 7.99. The molecule has 4 rings (SSSR count). The smallest absolute Gasteiger partial charge is 0.144 e. The minimum Gasteiger partial charge on any atom is -0.489 e. The Morgan fingerprint density at radius 3 is 3.06 bits per heavy atom. The second-order valence-electron chi connectivity index (χ2n) is 4.68. The molecule has 90 valence electrons. The molecule has 0 amide bonds. The van der Waals surface area contributed by atoms with Gasteiger partial charge >= 0.3 is 0 Å². The number of anilines is 2. The molecule has 0 fully saturated rings. The molecule has 2 aliphatic heterocycles. The summed E-state index contributed by atoms with van der Waals surface area (Å²) >= 11 is 1.84. The SMILES string of the molecule is Cc1ccc2c(c1)Sc1cccc3c1N2CCO3. The molecule has 0 saturated carbocycles. The Balaban J connectivity index is 1.97. The molecule has 0 spiro atoms. The highest BCUT2D eigenvalue weighted by Gasteiger charge is 2.29. The van der Waals surface area contributed by atoms with E-state index in [1.807, 2.05) is 11.8 Å². The maximum Gasteiger partial charge on any atom is 0.144 e. The summed E-state index contributed by atoms with van der Waals surface area (Å²) in [7, 11) is 0. The number of hydrogen-bond acceptors (Lipinski definition) is 3. The lowest BCUT2D eigenvalue weighted by molar-refractivity contribution is 0.312. The number of para-hydroxylation sites is 1. The summed E-state index contributed by atoms with van der Waals surface area (Å²) in [5.41, 5.74) is 3.87. The van der Waals surface area contributed by atoms with Gasteiger partial charge in [-0.1, -0.05) is 23.9 Å². The highest BCUT2D eigenvalue weighted by Crippen LogP contribution is 2.52. The first-order chi connectivity index (χ1) is 8.83. The zero-order valence-electron chi connectivity index (χ0n) is 10.1. The molecule has 2 aliphatic rings.